The Morgan fingerprint density at radius 3 is 2.75 bits per heavy atom. The van der Waals surface area contributed by atoms with E-state index < -0.39 is 0 Å². The van der Waals surface area contributed by atoms with Crippen molar-refractivity contribution in [1.82, 2.24) is 4.98 Å². The van der Waals surface area contributed by atoms with Gasteiger partial charge in [0.2, 0.25) is 0 Å². The van der Waals surface area contributed by atoms with E-state index in [0.717, 1.165) is 10.1 Å². The van der Waals surface area contributed by atoms with Crippen molar-refractivity contribution in [2.75, 3.05) is 11.5 Å². The van der Waals surface area contributed by atoms with E-state index in [2.05, 4.69) is 11.9 Å². The first-order chi connectivity index (χ1) is 7.65. The van der Waals surface area contributed by atoms with Crippen LogP contribution in [0.5, 0.6) is 0 Å². The van der Waals surface area contributed by atoms with E-state index in [1.807, 2.05) is 0 Å². The van der Waals surface area contributed by atoms with Gasteiger partial charge in [-0.15, -0.1) is 11.3 Å². The minimum atomic E-state index is 0.00725. The molecule has 0 saturated carbocycles. The fourth-order valence-corrected chi connectivity index (χ4v) is 3.35. The lowest BCUT2D eigenvalue weighted by molar-refractivity contribution is 0.102. The molecule has 2 N–H and O–H groups in total. The third-order valence-electron chi connectivity index (χ3n) is 2.18. The maximum absolute atomic E-state index is 11.2. The number of ketones is 1. The summed E-state index contributed by atoms with van der Waals surface area (Å²) in [5, 5.41) is 0. The van der Waals surface area contributed by atoms with Crippen LogP contribution in [0.15, 0.2) is 4.34 Å². The van der Waals surface area contributed by atoms with Gasteiger partial charge in [0.1, 0.15) is 10.7 Å². The number of nitrogens with zero attached hydrogens (tertiary/aromatic N) is 1. The van der Waals surface area contributed by atoms with E-state index in [9.17, 15) is 4.79 Å². The van der Waals surface area contributed by atoms with Crippen molar-refractivity contribution in [3.63, 3.8) is 0 Å². The Balaban J connectivity index is 2.37. The topological polar surface area (TPSA) is 56.0 Å². The van der Waals surface area contributed by atoms with Gasteiger partial charge in [0.15, 0.2) is 10.1 Å². The highest BCUT2D eigenvalue weighted by Crippen LogP contribution is 2.29. The van der Waals surface area contributed by atoms with Crippen molar-refractivity contribution in [2.24, 2.45) is 0 Å². The van der Waals surface area contributed by atoms with Gasteiger partial charge in [0.25, 0.3) is 0 Å². The average molecular weight is 258 g/mol. The van der Waals surface area contributed by atoms with Crippen molar-refractivity contribution in [1.29, 1.82) is 0 Å². The zero-order valence-corrected chi connectivity index (χ0v) is 11.4. The van der Waals surface area contributed by atoms with E-state index in [4.69, 9.17) is 5.73 Å². The number of nitrogens with two attached hydrogens (primary N) is 1. The molecular weight excluding hydrogens is 240 g/mol. The van der Waals surface area contributed by atoms with Gasteiger partial charge in [0, 0.05) is 12.7 Å². The molecule has 0 aliphatic carbocycles. The van der Waals surface area contributed by atoms with Gasteiger partial charge in [-0.1, -0.05) is 37.9 Å². The number of Topliss-reactive ketones (excluding diaryl/α,β-unsaturated/α-hetero) is 1. The van der Waals surface area contributed by atoms with Gasteiger partial charge in [-0.2, -0.15) is 0 Å². The minimum Gasteiger partial charge on any atom is -0.382 e. The van der Waals surface area contributed by atoms with Crippen LogP contribution in [0.4, 0.5) is 5.82 Å². The summed E-state index contributed by atoms with van der Waals surface area (Å²) in [4.78, 5) is 16.0. The highest BCUT2D eigenvalue weighted by Gasteiger charge is 2.12. The maximum atomic E-state index is 11.2. The monoisotopic (exact) mass is 258 g/mol. The Labute approximate surface area is 105 Å². The van der Waals surface area contributed by atoms with Crippen molar-refractivity contribution in [3.8, 4) is 0 Å². The van der Waals surface area contributed by atoms with E-state index in [1.54, 1.807) is 11.8 Å². The molecule has 0 amide bonds. The summed E-state index contributed by atoms with van der Waals surface area (Å²) < 4.78 is 0.916. The number of hydrogen-bond acceptors (Lipinski definition) is 5. The molecule has 0 saturated heterocycles. The lowest BCUT2D eigenvalue weighted by Gasteiger charge is -1.96. The molecule has 0 aromatic carbocycles. The van der Waals surface area contributed by atoms with Crippen molar-refractivity contribution < 1.29 is 4.79 Å². The largest absolute Gasteiger partial charge is 0.382 e. The smallest absolute Gasteiger partial charge is 0.173 e. The number of thioether (sulfide) groups is 1. The minimum absolute atomic E-state index is 0.00725. The highest BCUT2D eigenvalue weighted by molar-refractivity contribution is 8.01. The van der Waals surface area contributed by atoms with Crippen LogP contribution in [0.3, 0.4) is 0 Å². The number of rotatable bonds is 7. The lowest BCUT2D eigenvalue weighted by Crippen LogP contribution is -1.94. The van der Waals surface area contributed by atoms with Crippen LogP contribution in [0.1, 0.15) is 49.2 Å². The molecule has 5 heteroatoms. The normalized spacial score (nSPS) is 10.6. The van der Waals surface area contributed by atoms with Crippen LogP contribution < -0.4 is 5.73 Å². The molecule has 0 bridgehead atoms. The molecule has 1 aromatic rings. The van der Waals surface area contributed by atoms with Crippen molar-refractivity contribution >= 4 is 34.7 Å². The predicted molar refractivity (Wildman–Crippen MR) is 71.4 cm³/mol. The Morgan fingerprint density at radius 2 is 2.19 bits per heavy atom. The second kappa shape index (κ2) is 6.91. The quantitative estimate of drug-likeness (QED) is 0.461. The van der Waals surface area contributed by atoms with Gasteiger partial charge in [0.05, 0.1) is 0 Å². The maximum Gasteiger partial charge on any atom is 0.173 e. The number of unbranched alkanes of at least 4 members (excludes halogenated alkanes) is 3. The second-order valence-corrected chi connectivity index (χ2v) is 6.00. The van der Waals surface area contributed by atoms with Crippen LogP contribution in [0.2, 0.25) is 0 Å². The Kier molecular flexibility index (Phi) is 5.84. The number of anilines is 1. The molecular formula is C11H18N2OS2. The average Bonchev–Trinajstić information content (AvgIpc) is 2.59. The third kappa shape index (κ3) is 4.14. The molecule has 0 atom stereocenters. The summed E-state index contributed by atoms with van der Waals surface area (Å²) in [5.74, 6) is 1.45. The summed E-state index contributed by atoms with van der Waals surface area (Å²) in [5.41, 5.74) is 5.66. The zero-order valence-electron chi connectivity index (χ0n) is 9.78. The predicted octanol–water partition coefficient (Wildman–Crippen LogP) is 3.60. The Bertz CT molecular complexity index is 350. The standard InChI is InChI=1S/C11H18N2OS2/c1-3-4-5-6-7-15-11-13-10(12)9(16-11)8(2)14/h3-7,12H2,1-2H3. The third-order valence-corrected chi connectivity index (χ3v) is 4.58. The van der Waals surface area contributed by atoms with Crippen LogP contribution in [0.25, 0.3) is 0 Å². The SMILES string of the molecule is CCCCCCSc1nc(N)c(C(C)=O)s1. The fourth-order valence-electron chi connectivity index (χ4n) is 1.31. The van der Waals surface area contributed by atoms with Gasteiger partial charge in [-0.05, 0) is 6.42 Å². The number of thiazole rings is 1. The number of carbonyl (C=O) groups is 1. The van der Waals surface area contributed by atoms with Crippen LogP contribution in [0, 0.1) is 0 Å². The van der Waals surface area contributed by atoms with E-state index in [-0.39, 0.29) is 5.78 Å². The van der Waals surface area contributed by atoms with E-state index in [1.165, 1.54) is 43.9 Å². The Hall–Kier alpha value is -0.550. The number of nitrogen functional groups attached to an aromatic ring is 1. The molecule has 1 aromatic heterocycles. The summed E-state index contributed by atoms with van der Waals surface area (Å²) in [7, 11) is 0. The van der Waals surface area contributed by atoms with Gasteiger partial charge in [-0.25, -0.2) is 4.98 Å². The molecule has 90 valence electrons. The highest BCUT2D eigenvalue weighted by atomic mass is 32.2. The van der Waals surface area contributed by atoms with Crippen LogP contribution >= 0.6 is 23.1 Å². The van der Waals surface area contributed by atoms with E-state index in [0.29, 0.717) is 10.7 Å². The molecule has 0 aliphatic heterocycles. The molecule has 0 aliphatic rings. The second-order valence-electron chi connectivity index (χ2n) is 3.66. The van der Waals surface area contributed by atoms with E-state index >= 15 is 0 Å². The first-order valence-corrected chi connectivity index (χ1v) is 7.35. The molecule has 16 heavy (non-hydrogen) atoms. The van der Waals surface area contributed by atoms with Gasteiger partial charge >= 0.3 is 0 Å². The number of aromatic nitrogens is 1. The molecule has 0 spiro atoms. The lowest BCUT2D eigenvalue weighted by atomic mass is 10.2. The zero-order chi connectivity index (χ0) is 12.0. The van der Waals surface area contributed by atoms with Crippen LogP contribution in [-0.4, -0.2) is 16.5 Å². The first kappa shape index (κ1) is 13.5. The van der Waals surface area contributed by atoms with Gasteiger partial charge < -0.3 is 5.73 Å². The van der Waals surface area contributed by atoms with Crippen LogP contribution in [-0.2, 0) is 0 Å². The van der Waals surface area contributed by atoms with Gasteiger partial charge in [-0.3, -0.25) is 4.79 Å². The summed E-state index contributed by atoms with van der Waals surface area (Å²) in [6, 6.07) is 0. The van der Waals surface area contributed by atoms with Crippen molar-refractivity contribution in [3.05, 3.63) is 4.88 Å². The summed E-state index contributed by atoms with van der Waals surface area (Å²) in [6.07, 6.45) is 5.01. The molecule has 0 radical (unpaired) electrons. The number of hydrogen-bond donors (Lipinski definition) is 1. The van der Waals surface area contributed by atoms with Crippen molar-refractivity contribution in [2.45, 2.75) is 43.9 Å². The Morgan fingerprint density at radius 1 is 1.44 bits per heavy atom. The number of carbonyl (C=O) groups excluding carboxylic acids is 1. The molecule has 0 fully saturated rings. The molecule has 1 rings (SSSR count). The molecule has 1 heterocycles. The fraction of sp³-hybridized carbons (Fsp3) is 0.636. The molecule has 0 unspecified atom stereocenters. The first-order valence-electron chi connectivity index (χ1n) is 5.55. The summed E-state index contributed by atoms with van der Waals surface area (Å²) in [6.45, 7) is 3.73. The molecule has 3 nitrogen and oxygen atoms in total. The summed E-state index contributed by atoms with van der Waals surface area (Å²) >= 11 is 3.11.